The number of hydrogen-bond acceptors (Lipinski definition) is 1. The maximum atomic E-state index is 13.1. The standard InChI is InChI=1S/C17H17FO/c1-2-4-13-7-9-14(10-8-13)11-17(19)15-5-3-6-16(18)12-15/h3,5-10,12H,2,4,11H2,1H3. The van der Waals surface area contributed by atoms with Gasteiger partial charge in [-0.2, -0.15) is 0 Å². The Morgan fingerprint density at radius 2 is 1.74 bits per heavy atom. The lowest BCUT2D eigenvalue weighted by atomic mass is 10.0. The molecule has 0 radical (unpaired) electrons. The van der Waals surface area contributed by atoms with Crippen molar-refractivity contribution >= 4 is 5.78 Å². The predicted molar refractivity (Wildman–Crippen MR) is 74.9 cm³/mol. The molecule has 0 N–H and O–H groups in total. The van der Waals surface area contributed by atoms with Crippen molar-refractivity contribution in [3.63, 3.8) is 0 Å². The van der Waals surface area contributed by atoms with Crippen molar-refractivity contribution in [3.8, 4) is 0 Å². The molecule has 0 bridgehead atoms. The molecule has 98 valence electrons. The van der Waals surface area contributed by atoms with Crippen LogP contribution in [0.1, 0.15) is 34.8 Å². The zero-order valence-corrected chi connectivity index (χ0v) is 11.0. The molecular formula is C17H17FO. The molecule has 0 heterocycles. The van der Waals surface area contributed by atoms with Crippen LogP contribution in [-0.2, 0) is 12.8 Å². The first-order valence-electron chi connectivity index (χ1n) is 6.55. The van der Waals surface area contributed by atoms with Crippen molar-refractivity contribution < 1.29 is 9.18 Å². The number of benzene rings is 2. The van der Waals surface area contributed by atoms with Crippen LogP contribution in [0.15, 0.2) is 48.5 Å². The predicted octanol–water partition coefficient (Wildman–Crippen LogP) is 4.20. The summed E-state index contributed by atoms with van der Waals surface area (Å²) < 4.78 is 13.1. The molecule has 1 nitrogen and oxygen atoms in total. The molecule has 2 aromatic carbocycles. The molecule has 0 aromatic heterocycles. The fraction of sp³-hybridized carbons (Fsp3) is 0.235. The summed E-state index contributed by atoms with van der Waals surface area (Å²) in [6.07, 6.45) is 2.48. The van der Waals surface area contributed by atoms with Gasteiger partial charge in [-0.15, -0.1) is 0 Å². The van der Waals surface area contributed by atoms with E-state index in [9.17, 15) is 9.18 Å². The summed E-state index contributed by atoms with van der Waals surface area (Å²) in [5.74, 6) is -0.424. The molecule has 0 fully saturated rings. The molecular weight excluding hydrogens is 239 g/mol. The average Bonchev–Trinajstić information content (AvgIpc) is 2.41. The van der Waals surface area contributed by atoms with Crippen LogP contribution in [0.25, 0.3) is 0 Å². The van der Waals surface area contributed by atoms with Crippen molar-refractivity contribution in [2.75, 3.05) is 0 Å². The van der Waals surface area contributed by atoms with Gasteiger partial charge in [0.1, 0.15) is 5.82 Å². The highest BCUT2D eigenvalue weighted by atomic mass is 19.1. The van der Waals surface area contributed by atoms with Gasteiger partial charge in [-0.3, -0.25) is 4.79 Å². The number of ketones is 1. The number of carbonyl (C=O) groups excluding carboxylic acids is 1. The number of halogens is 1. The number of aryl methyl sites for hydroxylation is 1. The molecule has 0 atom stereocenters. The minimum absolute atomic E-state index is 0.0530. The summed E-state index contributed by atoms with van der Waals surface area (Å²) in [5.41, 5.74) is 2.68. The van der Waals surface area contributed by atoms with Crippen molar-refractivity contribution in [2.24, 2.45) is 0 Å². The van der Waals surface area contributed by atoms with E-state index in [1.807, 2.05) is 12.1 Å². The van der Waals surface area contributed by atoms with E-state index in [0.29, 0.717) is 12.0 Å². The van der Waals surface area contributed by atoms with E-state index in [4.69, 9.17) is 0 Å². The smallest absolute Gasteiger partial charge is 0.167 e. The van der Waals surface area contributed by atoms with Gasteiger partial charge in [0.05, 0.1) is 0 Å². The van der Waals surface area contributed by atoms with Gasteiger partial charge in [0, 0.05) is 12.0 Å². The molecule has 0 unspecified atom stereocenters. The van der Waals surface area contributed by atoms with Crippen LogP contribution in [0.5, 0.6) is 0 Å². The third kappa shape index (κ3) is 3.75. The Balaban J connectivity index is 2.06. The molecule has 0 saturated carbocycles. The Labute approximate surface area is 113 Å². The number of hydrogen-bond donors (Lipinski definition) is 0. The van der Waals surface area contributed by atoms with Gasteiger partial charge in [0.2, 0.25) is 0 Å². The van der Waals surface area contributed by atoms with Gasteiger partial charge < -0.3 is 0 Å². The lowest BCUT2D eigenvalue weighted by Gasteiger charge is -2.04. The first-order chi connectivity index (χ1) is 9.19. The molecule has 2 heteroatoms. The van der Waals surface area contributed by atoms with Gasteiger partial charge in [0.15, 0.2) is 5.78 Å². The monoisotopic (exact) mass is 256 g/mol. The van der Waals surface area contributed by atoms with E-state index < -0.39 is 0 Å². The highest BCUT2D eigenvalue weighted by Gasteiger charge is 2.07. The second-order valence-electron chi connectivity index (χ2n) is 4.68. The topological polar surface area (TPSA) is 17.1 Å². The zero-order valence-electron chi connectivity index (χ0n) is 11.0. The Morgan fingerprint density at radius 1 is 1.05 bits per heavy atom. The third-order valence-electron chi connectivity index (χ3n) is 3.07. The SMILES string of the molecule is CCCc1ccc(CC(=O)c2cccc(F)c2)cc1. The molecule has 0 aliphatic carbocycles. The minimum Gasteiger partial charge on any atom is -0.294 e. The molecule has 19 heavy (non-hydrogen) atoms. The van der Waals surface area contributed by atoms with Crippen LogP contribution in [0.2, 0.25) is 0 Å². The maximum Gasteiger partial charge on any atom is 0.167 e. The molecule has 0 spiro atoms. The number of Topliss-reactive ketones (excluding diaryl/α,β-unsaturated/α-hetero) is 1. The fourth-order valence-electron chi connectivity index (χ4n) is 2.06. The van der Waals surface area contributed by atoms with E-state index in [-0.39, 0.29) is 11.6 Å². The average molecular weight is 256 g/mol. The van der Waals surface area contributed by atoms with Crippen molar-refractivity contribution in [2.45, 2.75) is 26.2 Å². The van der Waals surface area contributed by atoms with E-state index in [1.165, 1.54) is 17.7 Å². The van der Waals surface area contributed by atoms with E-state index >= 15 is 0 Å². The molecule has 0 aliphatic heterocycles. The van der Waals surface area contributed by atoms with Crippen LogP contribution >= 0.6 is 0 Å². The van der Waals surface area contributed by atoms with Gasteiger partial charge in [-0.05, 0) is 29.7 Å². The Kier molecular flexibility index (Phi) is 4.45. The van der Waals surface area contributed by atoms with Crippen LogP contribution < -0.4 is 0 Å². The Morgan fingerprint density at radius 3 is 2.37 bits per heavy atom. The summed E-state index contributed by atoms with van der Waals surface area (Å²) in [4.78, 5) is 12.0. The maximum absolute atomic E-state index is 13.1. The normalized spacial score (nSPS) is 10.4. The highest BCUT2D eigenvalue weighted by Crippen LogP contribution is 2.11. The third-order valence-corrected chi connectivity index (χ3v) is 3.07. The quantitative estimate of drug-likeness (QED) is 0.733. The first-order valence-corrected chi connectivity index (χ1v) is 6.55. The molecule has 0 amide bonds. The molecule has 0 aliphatic rings. The Hall–Kier alpha value is -1.96. The summed E-state index contributed by atoms with van der Waals surface area (Å²) in [6.45, 7) is 2.14. The van der Waals surface area contributed by atoms with Crippen LogP contribution in [0, 0.1) is 5.82 Å². The van der Waals surface area contributed by atoms with Crippen molar-refractivity contribution in [1.29, 1.82) is 0 Å². The Bertz CT molecular complexity index is 558. The first kappa shape index (κ1) is 13.5. The van der Waals surface area contributed by atoms with Crippen molar-refractivity contribution in [1.82, 2.24) is 0 Å². The lowest BCUT2D eigenvalue weighted by molar-refractivity contribution is 0.0992. The summed E-state index contributed by atoms with van der Waals surface area (Å²) >= 11 is 0. The lowest BCUT2D eigenvalue weighted by Crippen LogP contribution is -2.03. The largest absolute Gasteiger partial charge is 0.294 e. The van der Waals surface area contributed by atoms with E-state index in [2.05, 4.69) is 19.1 Å². The zero-order chi connectivity index (χ0) is 13.7. The van der Waals surface area contributed by atoms with Crippen molar-refractivity contribution in [3.05, 3.63) is 71.0 Å². The second kappa shape index (κ2) is 6.28. The summed E-state index contributed by atoms with van der Waals surface area (Å²) in [7, 11) is 0. The number of rotatable bonds is 5. The summed E-state index contributed by atoms with van der Waals surface area (Å²) in [5, 5.41) is 0. The molecule has 2 aromatic rings. The van der Waals surface area contributed by atoms with Gasteiger partial charge in [-0.1, -0.05) is 49.7 Å². The van der Waals surface area contributed by atoms with E-state index in [0.717, 1.165) is 18.4 Å². The van der Waals surface area contributed by atoms with Crippen LogP contribution in [0.3, 0.4) is 0 Å². The van der Waals surface area contributed by atoms with Gasteiger partial charge >= 0.3 is 0 Å². The van der Waals surface area contributed by atoms with E-state index in [1.54, 1.807) is 12.1 Å². The van der Waals surface area contributed by atoms with Gasteiger partial charge in [-0.25, -0.2) is 4.39 Å². The number of carbonyl (C=O) groups is 1. The molecule has 0 saturated heterocycles. The fourth-order valence-corrected chi connectivity index (χ4v) is 2.06. The van der Waals surface area contributed by atoms with Crippen LogP contribution in [-0.4, -0.2) is 5.78 Å². The summed E-state index contributed by atoms with van der Waals surface area (Å²) in [6, 6.07) is 13.9. The molecule has 2 rings (SSSR count). The van der Waals surface area contributed by atoms with Crippen LogP contribution in [0.4, 0.5) is 4.39 Å². The second-order valence-corrected chi connectivity index (χ2v) is 4.68. The minimum atomic E-state index is -0.371. The highest BCUT2D eigenvalue weighted by molar-refractivity contribution is 5.97. The van der Waals surface area contributed by atoms with Gasteiger partial charge in [0.25, 0.3) is 0 Å².